The molecule has 5 heteroatoms. The highest BCUT2D eigenvalue weighted by Crippen LogP contribution is 2.14. The maximum atomic E-state index is 5.68. The third-order valence-electron chi connectivity index (χ3n) is 3.61. The molecule has 2 N–H and O–H groups in total. The van der Waals surface area contributed by atoms with Gasteiger partial charge in [0.2, 0.25) is 0 Å². The van der Waals surface area contributed by atoms with Gasteiger partial charge in [-0.25, -0.2) is 0 Å². The number of aryl methyl sites for hydroxylation is 1. The fraction of sp³-hybridized carbons (Fsp3) is 0.769. The zero-order valence-electron chi connectivity index (χ0n) is 11.2. The predicted molar refractivity (Wildman–Crippen MR) is 71.4 cm³/mol. The monoisotopic (exact) mass is 252 g/mol. The van der Waals surface area contributed by atoms with E-state index in [1.165, 1.54) is 5.69 Å². The maximum absolute atomic E-state index is 5.68. The van der Waals surface area contributed by atoms with Gasteiger partial charge in [-0.2, -0.15) is 5.10 Å². The average molecular weight is 252 g/mol. The molecule has 0 atom stereocenters. The first kappa shape index (κ1) is 13.5. The van der Waals surface area contributed by atoms with Crippen LogP contribution in [0.5, 0.6) is 0 Å². The second-order valence-electron chi connectivity index (χ2n) is 4.90. The standard InChI is InChI=1S/C13H24N4O/c1-16-12(2-7-15-16)3-8-17-9-4-13(5-10-17)18-11-6-14/h2,7,13H,3-6,8-11,14H2,1H3. The van der Waals surface area contributed by atoms with E-state index < -0.39 is 0 Å². The van der Waals surface area contributed by atoms with E-state index in [0.717, 1.165) is 38.9 Å². The minimum Gasteiger partial charge on any atom is -0.377 e. The molecule has 102 valence electrons. The van der Waals surface area contributed by atoms with Crippen LogP contribution < -0.4 is 5.73 Å². The summed E-state index contributed by atoms with van der Waals surface area (Å²) in [5.74, 6) is 0. The quantitative estimate of drug-likeness (QED) is 0.796. The van der Waals surface area contributed by atoms with Crippen molar-refractivity contribution in [3.05, 3.63) is 18.0 Å². The van der Waals surface area contributed by atoms with Crippen LogP contribution in [0, 0.1) is 0 Å². The summed E-state index contributed by atoms with van der Waals surface area (Å²) in [6, 6.07) is 2.09. The molecule has 0 saturated carbocycles. The highest BCUT2D eigenvalue weighted by atomic mass is 16.5. The smallest absolute Gasteiger partial charge is 0.0600 e. The number of aromatic nitrogens is 2. The lowest BCUT2D eigenvalue weighted by atomic mass is 10.1. The second-order valence-corrected chi connectivity index (χ2v) is 4.90. The Kier molecular flexibility index (Phi) is 5.16. The lowest BCUT2D eigenvalue weighted by Gasteiger charge is -2.31. The van der Waals surface area contributed by atoms with Gasteiger partial charge < -0.3 is 15.4 Å². The van der Waals surface area contributed by atoms with Crippen LogP contribution in [0.1, 0.15) is 18.5 Å². The van der Waals surface area contributed by atoms with E-state index in [4.69, 9.17) is 10.5 Å². The fourth-order valence-corrected chi connectivity index (χ4v) is 2.45. The van der Waals surface area contributed by atoms with Crippen LogP contribution in [0.4, 0.5) is 0 Å². The molecule has 1 saturated heterocycles. The topological polar surface area (TPSA) is 56.3 Å². The Hall–Kier alpha value is -0.910. The Labute approximate surface area is 109 Å². The van der Waals surface area contributed by atoms with Crippen LogP contribution in [0.15, 0.2) is 12.3 Å². The molecule has 0 bridgehead atoms. The van der Waals surface area contributed by atoms with E-state index in [0.29, 0.717) is 19.3 Å². The highest BCUT2D eigenvalue weighted by Gasteiger charge is 2.19. The molecule has 0 amide bonds. The molecule has 1 aromatic heterocycles. The summed E-state index contributed by atoms with van der Waals surface area (Å²) in [6.07, 6.45) is 5.62. The van der Waals surface area contributed by atoms with Crippen LogP contribution in [0.25, 0.3) is 0 Å². The van der Waals surface area contributed by atoms with Crippen LogP contribution in [-0.4, -0.2) is 53.6 Å². The highest BCUT2D eigenvalue weighted by molar-refractivity contribution is 5.00. The summed E-state index contributed by atoms with van der Waals surface area (Å²) in [5, 5.41) is 4.19. The number of nitrogens with zero attached hydrogens (tertiary/aromatic N) is 3. The molecule has 1 fully saturated rings. The molecule has 0 aliphatic carbocycles. The molecule has 0 radical (unpaired) electrons. The van der Waals surface area contributed by atoms with E-state index in [-0.39, 0.29) is 0 Å². The van der Waals surface area contributed by atoms with Gasteiger partial charge in [0.25, 0.3) is 0 Å². The van der Waals surface area contributed by atoms with E-state index in [2.05, 4.69) is 16.1 Å². The lowest BCUT2D eigenvalue weighted by molar-refractivity contribution is 0.0117. The van der Waals surface area contributed by atoms with Gasteiger partial charge in [-0.1, -0.05) is 0 Å². The van der Waals surface area contributed by atoms with Crippen molar-refractivity contribution in [2.45, 2.75) is 25.4 Å². The summed E-state index contributed by atoms with van der Waals surface area (Å²) in [4.78, 5) is 2.51. The SMILES string of the molecule is Cn1nccc1CCN1CCC(OCCN)CC1. The third-order valence-corrected chi connectivity index (χ3v) is 3.61. The van der Waals surface area contributed by atoms with E-state index in [1.807, 2.05) is 17.9 Å². The molecular weight excluding hydrogens is 228 g/mol. The fourth-order valence-electron chi connectivity index (χ4n) is 2.45. The van der Waals surface area contributed by atoms with Gasteiger partial charge in [0.1, 0.15) is 0 Å². The van der Waals surface area contributed by atoms with Gasteiger partial charge in [0.05, 0.1) is 12.7 Å². The Balaban J connectivity index is 1.66. The van der Waals surface area contributed by atoms with Crippen molar-refractivity contribution >= 4 is 0 Å². The second kappa shape index (κ2) is 6.87. The van der Waals surface area contributed by atoms with Gasteiger partial charge in [0.15, 0.2) is 0 Å². The van der Waals surface area contributed by atoms with Crippen molar-refractivity contribution in [1.29, 1.82) is 0 Å². The lowest BCUT2D eigenvalue weighted by Crippen LogP contribution is -2.38. The molecular formula is C13H24N4O. The first-order chi connectivity index (χ1) is 8.79. The molecule has 0 aromatic carbocycles. The summed E-state index contributed by atoms with van der Waals surface area (Å²) >= 11 is 0. The molecule has 5 nitrogen and oxygen atoms in total. The van der Waals surface area contributed by atoms with Gasteiger partial charge in [0, 0.05) is 51.5 Å². The van der Waals surface area contributed by atoms with Gasteiger partial charge >= 0.3 is 0 Å². The number of hydrogen-bond donors (Lipinski definition) is 1. The minimum absolute atomic E-state index is 0.418. The summed E-state index contributed by atoms with van der Waals surface area (Å²) < 4.78 is 7.64. The molecule has 2 heterocycles. The van der Waals surface area contributed by atoms with Crippen molar-refractivity contribution < 1.29 is 4.74 Å². The molecule has 2 rings (SSSR count). The van der Waals surface area contributed by atoms with Gasteiger partial charge in [-0.05, 0) is 18.9 Å². The van der Waals surface area contributed by atoms with Crippen LogP contribution >= 0.6 is 0 Å². The normalized spacial score (nSPS) is 18.3. The van der Waals surface area contributed by atoms with E-state index >= 15 is 0 Å². The Morgan fingerprint density at radius 2 is 2.22 bits per heavy atom. The average Bonchev–Trinajstić information content (AvgIpc) is 2.81. The number of ether oxygens (including phenoxy) is 1. The van der Waals surface area contributed by atoms with Crippen molar-refractivity contribution in [3.63, 3.8) is 0 Å². The van der Waals surface area contributed by atoms with Crippen LogP contribution in [0.3, 0.4) is 0 Å². The van der Waals surface area contributed by atoms with Crippen LogP contribution in [0.2, 0.25) is 0 Å². The number of rotatable bonds is 6. The Morgan fingerprint density at radius 1 is 1.44 bits per heavy atom. The Bertz CT molecular complexity index is 345. The zero-order valence-corrected chi connectivity index (χ0v) is 11.2. The Morgan fingerprint density at radius 3 is 2.83 bits per heavy atom. The number of likely N-dealkylation sites (tertiary alicyclic amines) is 1. The maximum Gasteiger partial charge on any atom is 0.0600 e. The van der Waals surface area contributed by atoms with Gasteiger partial charge in [-0.15, -0.1) is 0 Å². The number of hydrogen-bond acceptors (Lipinski definition) is 4. The van der Waals surface area contributed by atoms with Crippen LogP contribution in [-0.2, 0) is 18.2 Å². The molecule has 1 aliphatic rings. The number of nitrogens with two attached hydrogens (primary N) is 1. The van der Waals surface area contributed by atoms with Crippen molar-refractivity contribution in [2.75, 3.05) is 32.8 Å². The molecule has 0 spiro atoms. The first-order valence-electron chi connectivity index (χ1n) is 6.80. The molecule has 1 aliphatic heterocycles. The zero-order chi connectivity index (χ0) is 12.8. The molecule has 0 unspecified atom stereocenters. The van der Waals surface area contributed by atoms with Gasteiger partial charge in [-0.3, -0.25) is 4.68 Å². The summed E-state index contributed by atoms with van der Waals surface area (Å²) in [7, 11) is 2.00. The van der Waals surface area contributed by atoms with Crippen molar-refractivity contribution in [2.24, 2.45) is 12.8 Å². The largest absolute Gasteiger partial charge is 0.377 e. The summed E-state index contributed by atoms with van der Waals surface area (Å²) in [5.41, 5.74) is 6.75. The minimum atomic E-state index is 0.418. The number of piperidine rings is 1. The van der Waals surface area contributed by atoms with Crippen molar-refractivity contribution in [1.82, 2.24) is 14.7 Å². The van der Waals surface area contributed by atoms with Crippen molar-refractivity contribution in [3.8, 4) is 0 Å². The van der Waals surface area contributed by atoms with E-state index in [1.54, 1.807) is 0 Å². The molecule has 1 aromatic rings. The third kappa shape index (κ3) is 3.80. The van der Waals surface area contributed by atoms with E-state index in [9.17, 15) is 0 Å². The summed E-state index contributed by atoms with van der Waals surface area (Å²) in [6.45, 7) is 4.70. The molecule has 18 heavy (non-hydrogen) atoms. The first-order valence-corrected chi connectivity index (χ1v) is 6.80. The predicted octanol–water partition coefficient (Wildman–Crippen LogP) is 0.402.